The van der Waals surface area contributed by atoms with Crippen LogP contribution >= 0.6 is 0 Å². The largest absolute Gasteiger partial charge is 0.299 e. The number of ketones is 1. The van der Waals surface area contributed by atoms with Crippen molar-refractivity contribution >= 4 is 5.78 Å². The van der Waals surface area contributed by atoms with Gasteiger partial charge in [0.05, 0.1) is 0 Å². The molecule has 1 aliphatic heterocycles. The van der Waals surface area contributed by atoms with Gasteiger partial charge in [0.2, 0.25) is 0 Å². The lowest BCUT2D eigenvalue weighted by atomic mass is 9.90. The number of Topliss-reactive ketones (excluding diaryl/α,β-unsaturated/α-hetero) is 1. The van der Waals surface area contributed by atoms with Gasteiger partial charge in [0.15, 0.2) is 0 Å². The quantitative estimate of drug-likeness (QED) is 0.807. The molecule has 1 heterocycles. The normalized spacial score (nSPS) is 25.4. The smallest absolute Gasteiger partial charge is 0.138 e. The van der Waals surface area contributed by atoms with Crippen molar-refractivity contribution in [3.63, 3.8) is 0 Å². The van der Waals surface area contributed by atoms with Gasteiger partial charge in [-0.05, 0) is 13.0 Å². The van der Waals surface area contributed by atoms with Gasteiger partial charge in [-0.1, -0.05) is 13.0 Å². The van der Waals surface area contributed by atoms with E-state index in [1.807, 2.05) is 13.8 Å². The van der Waals surface area contributed by atoms with Crippen molar-refractivity contribution in [2.24, 2.45) is 5.92 Å². The van der Waals surface area contributed by atoms with Crippen LogP contribution in [0.4, 0.5) is 8.78 Å². The Bertz CT molecular complexity index is 461. The summed E-state index contributed by atoms with van der Waals surface area (Å²) < 4.78 is 26.4. The number of hydrogen-bond acceptors (Lipinski definition) is 2. The van der Waals surface area contributed by atoms with Crippen molar-refractivity contribution in [1.82, 2.24) is 4.90 Å². The average Bonchev–Trinajstić information content (AvgIpc) is 2.33. The Hall–Kier alpha value is -1.29. The van der Waals surface area contributed by atoms with Crippen molar-refractivity contribution in [2.75, 3.05) is 6.54 Å². The summed E-state index contributed by atoms with van der Waals surface area (Å²) in [4.78, 5) is 13.6. The number of rotatable bonds is 2. The molecular formula is C14H17F2NO. The van der Waals surface area contributed by atoms with Crippen LogP contribution in [0.5, 0.6) is 0 Å². The number of nitrogens with zero attached hydrogens (tertiary/aromatic N) is 1. The van der Waals surface area contributed by atoms with Crippen LogP contribution in [0.15, 0.2) is 18.2 Å². The minimum Gasteiger partial charge on any atom is -0.299 e. The molecule has 0 radical (unpaired) electrons. The van der Waals surface area contributed by atoms with E-state index < -0.39 is 11.6 Å². The van der Waals surface area contributed by atoms with E-state index in [2.05, 4.69) is 4.90 Å². The Labute approximate surface area is 106 Å². The van der Waals surface area contributed by atoms with Crippen LogP contribution in [0.2, 0.25) is 0 Å². The van der Waals surface area contributed by atoms with Crippen molar-refractivity contribution < 1.29 is 13.6 Å². The molecule has 2 rings (SSSR count). The molecule has 1 aliphatic rings. The molecule has 0 aliphatic carbocycles. The number of piperidine rings is 1. The van der Waals surface area contributed by atoms with Crippen molar-refractivity contribution in [3.8, 4) is 0 Å². The molecule has 4 heteroatoms. The van der Waals surface area contributed by atoms with E-state index in [0.29, 0.717) is 25.1 Å². The van der Waals surface area contributed by atoms with E-state index in [-0.39, 0.29) is 17.7 Å². The van der Waals surface area contributed by atoms with Gasteiger partial charge in [-0.3, -0.25) is 9.69 Å². The Morgan fingerprint density at radius 2 is 2.06 bits per heavy atom. The minimum absolute atomic E-state index is 0.0257. The molecule has 0 spiro atoms. The number of benzene rings is 1. The molecule has 1 aromatic carbocycles. The van der Waals surface area contributed by atoms with Gasteiger partial charge in [0, 0.05) is 43.1 Å². The average molecular weight is 253 g/mol. The van der Waals surface area contributed by atoms with Crippen LogP contribution in [0.25, 0.3) is 0 Å². The zero-order valence-corrected chi connectivity index (χ0v) is 10.6. The first-order valence-corrected chi connectivity index (χ1v) is 6.19. The lowest BCUT2D eigenvalue weighted by Crippen LogP contribution is -2.46. The molecule has 2 nitrogen and oxygen atoms in total. The highest BCUT2D eigenvalue weighted by molar-refractivity contribution is 5.82. The highest BCUT2D eigenvalue weighted by Crippen LogP contribution is 2.23. The maximum atomic E-state index is 13.6. The number of halogens is 2. The first-order valence-electron chi connectivity index (χ1n) is 6.19. The zero-order chi connectivity index (χ0) is 13.3. The topological polar surface area (TPSA) is 20.3 Å². The summed E-state index contributed by atoms with van der Waals surface area (Å²) in [6.07, 6.45) is 0.508. The van der Waals surface area contributed by atoms with Gasteiger partial charge in [-0.15, -0.1) is 0 Å². The molecule has 0 aromatic heterocycles. The third-order valence-corrected chi connectivity index (χ3v) is 3.84. The Balaban J connectivity index is 2.11. The van der Waals surface area contributed by atoms with Crippen LogP contribution in [0, 0.1) is 17.6 Å². The number of carbonyl (C=O) groups is 1. The Morgan fingerprint density at radius 3 is 2.72 bits per heavy atom. The fourth-order valence-electron chi connectivity index (χ4n) is 2.36. The summed E-state index contributed by atoms with van der Waals surface area (Å²) >= 11 is 0. The predicted molar refractivity (Wildman–Crippen MR) is 65.0 cm³/mol. The molecule has 98 valence electrons. The maximum absolute atomic E-state index is 13.6. The van der Waals surface area contributed by atoms with Gasteiger partial charge in [-0.2, -0.15) is 0 Å². The Kier molecular flexibility index (Phi) is 3.76. The number of hydrogen-bond donors (Lipinski definition) is 0. The molecule has 18 heavy (non-hydrogen) atoms. The molecular weight excluding hydrogens is 236 g/mol. The van der Waals surface area contributed by atoms with Crippen molar-refractivity contribution in [1.29, 1.82) is 0 Å². The lowest BCUT2D eigenvalue weighted by molar-refractivity contribution is -0.128. The minimum atomic E-state index is -0.563. The molecule has 0 amide bonds. The van der Waals surface area contributed by atoms with E-state index in [9.17, 15) is 13.6 Å². The van der Waals surface area contributed by atoms with Crippen LogP contribution < -0.4 is 0 Å². The molecule has 2 unspecified atom stereocenters. The summed E-state index contributed by atoms with van der Waals surface area (Å²) in [6, 6.07) is 3.73. The summed E-state index contributed by atoms with van der Waals surface area (Å²) in [5.74, 6) is -0.848. The number of likely N-dealkylation sites (tertiary alicyclic amines) is 1. The van der Waals surface area contributed by atoms with Crippen LogP contribution in [0.1, 0.15) is 25.8 Å². The van der Waals surface area contributed by atoms with Gasteiger partial charge < -0.3 is 0 Å². The fraction of sp³-hybridized carbons (Fsp3) is 0.500. The summed E-state index contributed by atoms with van der Waals surface area (Å²) in [5.41, 5.74) is 0.477. The van der Waals surface area contributed by atoms with Crippen LogP contribution in [-0.4, -0.2) is 23.3 Å². The standard InChI is InChI=1S/C14H17F2NO/c1-9-10(2)17(6-5-14(9)18)8-11-3-4-12(15)7-13(11)16/h3-4,7,9-10H,5-6,8H2,1-2H3. The van der Waals surface area contributed by atoms with Crippen molar-refractivity contribution in [2.45, 2.75) is 32.9 Å². The second kappa shape index (κ2) is 5.14. The predicted octanol–water partition coefficient (Wildman–Crippen LogP) is 2.76. The fourth-order valence-corrected chi connectivity index (χ4v) is 2.36. The molecule has 0 N–H and O–H groups in total. The highest BCUT2D eigenvalue weighted by Gasteiger charge is 2.30. The maximum Gasteiger partial charge on any atom is 0.138 e. The van der Waals surface area contributed by atoms with Gasteiger partial charge in [-0.25, -0.2) is 8.78 Å². The monoisotopic (exact) mass is 253 g/mol. The van der Waals surface area contributed by atoms with Crippen LogP contribution in [-0.2, 0) is 11.3 Å². The van der Waals surface area contributed by atoms with Gasteiger partial charge >= 0.3 is 0 Å². The number of carbonyl (C=O) groups excluding carboxylic acids is 1. The van der Waals surface area contributed by atoms with E-state index in [1.165, 1.54) is 12.1 Å². The molecule has 0 saturated carbocycles. The van der Waals surface area contributed by atoms with E-state index in [1.54, 1.807) is 0 Å². The summed E-state index contributed by atoms with van der Waals surface area (Å²) in [5, 5.41) is 0. The van der Waals surface area contributed by atoms with E-state index >= 15 is 0 Å². The Morgan fingerprint density at radius 1 is 1.33 bits per heavy atom. The van der Waals surface area contributed by atoms with Crippen molar-refractivity contribution in [3.05, 3.63) is 35.4 Å². The third kappa shape index (κ3) is 2.58. The summed E-state index contributed by atoms with van der Waals surface area (Å²) in [6.45, 7) is 4.94. The second-order valence-electron chi connectivity index (χ2n) is 4.95. The van der Waals surface area contributed by atoms with E-state index in [0.717, 1.165) is 6.07 Å². The first-order chi connectivity index (χ1) is 8.49. The zero-order valence-electron chi connectivity index (χ0n) is 10.6. The van der Waals surface area contributed by atoms with Crippen LogP contribution in [0.3, 0.4) is 0 Å². The van der Waals surface area contributed by atoms with Gasteiger partial charge in [0.1, 0.15) is 17.4 Å². The molecule has 1 fully saturated rings. The first kappa shape index (κ1) is 13.1. The molecule has 0 bridgehead atoms. The second-order valence-corrected chi connectivity index (χ2v) is 4.95. The lowest BCUT2D eigenvalue weighted by Gasteiger charge is -2.37. The van der Waals surface area contributed by atoms with Gasteiger partial charge in [0.25, 0.3) is 0 Å². The SMILES string of the molecule is CC1C(=O)CCN(Cc2ccc(F)cc2F)C1C. The third-order valence-electron chi connectivity index (χ3n) is 3.84. The van der Waals surface area contributed by atoms with E-state index in [4.69, 9.17) is 0 Å². The molecule has 1 aromatic rings. The molecule has 2 atom stereocenters. The highest BCUT2D eigenvalue weighted by atomic mass is 19.1. The summed E-state index contributed by atoms with van der Waals surface area (Å²) in [7, 11) is 0. The molecule has 1 saturated heterocycles.